The lowest BCUT2D eigenvalue weighted by Gasteiger charge is -2.17. The Morgan fingerprint density at radius 3 is 2.61 bits per heavy atom. The molecule has 0 aliphatic carbocycles. The number of carbonyl (C=O) groups excluding carboxylic acids is 2. The van der Waals surface area contributed by atoms with Crippen molar-refractivity contribution in [3.63, 3.8) is 0 Å². The van der Waals surface area contributed by atoms with Gasteiger partial charge in [-0.25, -0.2) is 4.39 Å². The van der Waals surface area contributed by atoms with Crippen LogP contribution in [0, 0.1) is 5.82 Å². The highest BCUT2D eigenvalue weighted by atomic mass is 35.5. The first-order valence-electron chi connectivity index (χ1n) is 9.47. The van der Waals surface area contributed by atoms with E-state index in [-0.39, 0.29) is 49.2 Å². The van der Waals surface area contributed by atoms with Crippen LogP contribution in [-0.2, 0) is 9.59 Å². The van der Waals surface area contributed by atoms with Crippen LogP contribution in [0.1, 0.15) is 43.7 Å². The first kappa shape index (κ1) is 24.3. The number of halogens is 2. The Hall–Kier alpha value is -1.74. The molecule has 28 heavy (non-hydrogen) atoms. The summed E-state index contributed by atoms with van der Waals surface area (Å²) in [5, 5.41) is 2.48. The standard InChI is InChI=1S/C19H30FN5O2.ClH/c1-25(19(27)13-22-18(26)12-21)10-4-2-3-5-16-11-17(24-23-16)14-6-8-15(20)9-7-14;/h6-9,16-17,23-24H,2-5,10-13,21H2,1H3,(H,22,26);1H. The van der Waals surface area contributed by atoms with Gasteiger partial charge < -0.3 is 16.0 Å². The number of nitrogens with zero attached hydrogens (tertiary/aromatic N) is 1. The number of rotatable bonds is 10. The SMILES string of the molecule is CN(CCCCCC1CC(c2ccc(F)cc2)NN1)C(=O)CNC(=O)CN.Cl. The van der Waals surface area contributed by atoms with Crippen molar-refractivity contribution in [2.45, 2.75) is 44.2 Å². The molecule has 5 N–H and O–H groups in total. The molecular weight excluding hydrogens is 385 g/mol. The Labute approximate surface area is 172 Å². The molecule has 2 unspecified atom stereocenters. The van der Waals surface area contributed by atoms with Crippen LogP contribution in [0.4, 0.5) is 4.39 Å². The molecule has 158 valence electrons. The lowest BCUT2D eigenvalue weighted by molar-refractivity contribution is -0.131. The van der Waals surface area contributed by atoms with E-state index in [1.165, 1.54) is 12.1 Å². The Balaban J connectivity index is 0.00000392. The van der Waals surface area contributed by atoms with Crippen molar-refractivity contribution in [3.8, 4) is 0 Å². The van der Waals surface area contributed by atoms with E-state index in [1.807, 2.05) is 12.1 Å². The fourth-order valence-electron chi connectivity index (χ4n) is 3.15. The summed E-state index contributed by atoms with van der Waals surface area (Å²) in [5.74, 6) is -0.652. The molecule has 1 aromatic rings. The predicted octanol–water partition coefficient (Wildman–Crippen LogP) is 1.25. The molecule has 1 aliphatic heterocycles. The number of carbonyl (C=O) groups is 2. The summed E-state index contributed by atoms with van der Waals surface area (Å²) in [4.78, 5) is 24.6. The predicted molar refractivity (Wildman–Crippen MR) is 109 cm³/mol. The minimum absolute atomic E-state index is 0. The van der Waals surface area contributed by atoms with Crippen LogP contribution in [0.25, 0.3) is 0 Å². The average molecular weight is 416 g/mol. The minimum Gasteiger partial charge on any atom is -0.346 e. The molecule has 0 spiro atoms. The van der Waals surface area contributed by atoms with Gasteiger partial charge in [0.25, 0.3) is 0 Å². The van der Waals surface area contributed by atoms with Gasteiger partial charge >= 0.3 is 0 Å². The summed E-state index contributed by atoms with van der Waals surface area (Å²) in [5.41, 5.74) is 12.9. The van der Waals surface area contributed by atoms with Gasteiger partial charge in [0.15, 0.2) is 0 Å². The zero-order chi connectivity index (χ0) is 19.6. The van der Waals surface area contributed by atoms with Crippen molar-refractivity contribution < 1.29 is 14.0 Å². The van der Waals surface area contributed by atoms with Crippen LogP contribution in [0.3, 0.4) is 0 Å². The topological polar surface area (TPSA) is 99.5 Å². The smallest absolute Gasteiger partial charge is 0.241 e. The van der Waals surface area contributed by atoms with Gasteiger partial charge in [-0.1, -0.05) is 25.0 Å². The summed E-state index contributed by atoms with van der Waals surface area (Å²) in [6.45, 7) is 0.559. The second-order valence-corrected chi connectivity index (χ2v) is 6.97. The number of benzene rings is 1. The maximum Gasteiger partial charge on any atom is 0.241 e. The molecule has 1 saturated heterocycles. The monoisotopic (exact) mass is 415 g/mol. The fourth-order valence-corrected chi connectivity index (χ4v) is 3.15. The molecule has 2 atom stereocenters. The minimum atomic E-state index is -0.326. The van der Waals surface area contributed by atoms with E-state index in [2.05, 4.69) is 16.2 Å². The van der Waals surface area contributed by atoms with Gasteiger partial charge in [0.2, 0.25) is 11.8 Å². The Morgan fingerprint density at radius 2 is 1.93 bits per heavy atom. The van der Waals surface area contributed by atoms with Gasteiger partial charge in [0.05, 0.1) is 13.1 Å². The molecule has 1 fully saturated rings. The molecular formula is C19H31ClFN5O2. The van der Waals surface area contributed by atoms with Crippen molar-refractivity contribution in [1.82, 2.24) is 21.1 Å². The first-order valence-corrected chi connectivity index (χ1v) is 9.47. The second-order valence-electron chi connectivity index (χ2n) is 6.97. The molecule has 0 radical (unpaired) electrons. The lowest BCUT2D eigenvalue weighted by Crippen LogP contribution is -2.40. The number of hydrogen-bond acceptors (Lipinski definition) is 5. The highest BCUT2D eigenvalue weighted by Gasteiger charge is 2.24. The summed E-state index contributed by atoms with van der Waals surface area (Å²) < 4.78 is 13.0. The molecule has 0 saturated carbocycles. The number of nitrogens with two attached hydrogens (primary N) is 1. The number of hydrogen-bond donors (Lipinski definition) is 4. The van der Waals surface area contributed by atoms with Crippen LogP contribution >= 0.6 is 12.4 Å². The van der Waals surface area contributed by atoms with E-state index in [0.29, 0.717) is 12.6 Å². The normalized spacial score (nSPS) is 18.4. The summed E-state index contributed by atoms with van der Waals surface area (Å²) in [6, 6.07) is 7.22. The maximum atomic E-state index is 13.0. The first-order chi connectivity index (χ1) is 13.0. The molecule has 2 rings (SSSR count). The van der Waals surface area contributed by atoms with Crippen LogP contribution in [-0.4, -0.2) is 49.4 Å². The van der Waals surface area contributed by atoms with Gasteiger partial charge in [-0.15, -0.1) is 12.4 Å². The largest absolute Gasteiger partial charge is 0.346 e. The van der Waals surface area contributed by atoms with E-state index >= 15 is 0 Å². The average Bonchev–Trinajstić information content (AvgIpc) is 3.14. The lowest BCUT2D eigenvalue weighted by atomic mass is 9.99. The molecule has 9 heteroatoms. The molecule has 0 bridgehead atoms. The molecule has 1 heterocycles. The van der Waals surface area contributed by atoms with Gasteiger partial charge in [-0.2, -0.15) is 0 Å². The van der Waals surface area contributed by atoms with E-state index in [9.17, 15) is 14.0 Å². The quantitative estimate of drug-likeness (QED) is 0.431. The zero-order valence-corrected chi connectivity index (χ0v) is 17.1. The van der Waals surface area contributed by atoms with E-state index in [1.54, 1.807) is 11.9 Å². The highest BCUT2D eigenvalue weighted by Crippen LogP contribution is 2.24. The molecule has 1 aliphatic rings. The Bertz CT molecular complexity index is 617. The third kappa shape index (κ3) is 8.10. The third-order valence-electron chi connectivity index (χ3n) is 4.85. The highest BCUT2D eigenvalue weighted by molar-refractivity contribution is 5.85. The summed E-state index contributed by atoms with van der Waals surface area (Å²) in [6.07, 6.45) is 5.06. The third-order valence-corrected chi connectivity index (χ3v) is 4.85. The maximum absolute atomic E-state index is 13.0. The van der Waals surface area contributed by atoms with Crippen LogP contribution in [0.5, 0.6) is 0 Å². The number of amides is 2. The van der Waals surface area contributed by atoms with Crippen LogP contribution in [0.2, 0.25) is 0 Å². The molecule has 1 aromatic carbocycles. The van der Waals surface area contributed by atoms with Crippen molar-refractivity contribution in [3.05, 3.63) is 35.6 Å². The van der Waals surface area contributed by atoms with Crippen molar-refractivity contribution in [1.29, 1.82) is 0 Å². The van der Waals surface area contributed by atoms with Crippen molar-refractivity contribution in [2.75, 3.05) is 26.7 Å². The van der Waals surface area contributed by atoms with Gasteiger partial charge in [-0.3, -0.25) is 20.4 Å². The zero-order valence-electron chi connectivity index (χ0n) is 16.2. The number of hydrazine groups is 1. The molecule has 7 nitrogen and oxygen atoms in total. The van der Waals surface area contributed by atoms with Crippen LogP contribution in [0.15, 0.2) is 24.3 Å². The van der Waals surface area contributed by atoms with Gasteiger partial charge in [-0.05, 0) is 37.0 Å². The molecule has 2 amide bonds. The summed E-state index contributed by atoms with van der Waals surface area (Å²) in [7, 11) is 1.74. The number of nitrogens with one attached hydrogen (secondary N) is 3. The van der Waals surface area contributed by atoms with Gasteiger partial charge in [0.1, 0.15) is 5.82 Å². The van der Waals surface area contributed by atoms with E-state index in [4.69, 9.17) is 5.73 Å². The van der Waals surface area contributed by atoms with E-state index < -0.39 is 0 Å². The number of likely N-dealkylation sites (N-methyl/N-ethyl adjacent to an activating group) is 1. The molecule has 0 aromatic heterocycles. The number of unbranched alkanes of at least 4 members (excludes halogenated alkanes) is 2. The van der Waals surface area contributed by atoms with Crippen molar-refractivity contribution >= 4 is 24.2 Å². The van der Waals surface area contributed by atoms with E-state index in [0.717, 1.165) is 37.7 Å². The Kier molecular flexibility index (Phi) is 11.0. The Morgan fingerprint density at radius 1 is 1.21 bits per heavy atom. The second kappa shape index (κ2) is 12.7. The summed E-state index contributed by atoms with van der Waals surface area (Å²) >= 11 is 0. The van der Waals surface area contributed by atoms with Crippen molar-refractivity contribution in [2.24, 2.45) is 5.73 Å². The van der Waals surface area contributed by atoms with Gasteiger partial charge in [0, 0.05) is 25.7 Å². The van der Waals surface area contributed by atoms with Crippen LogP contribution < -0.4 is 21.9 Å². The fraction of sp³-hybridized carbons (Fsp3) is 0.579.